The van der Waals surface area contributed by atoms with Gasteiger partial charge in [-0.2, -0.15) is 0 Å². The van der Waals surface area contributed by atoms with E-state index in [1.807, 2.05) is 57.2 Å². The number of pyridine rings is 1. The second-order valence-electron chi connectivity index (χ2n) is 11.4. The predicted molar refractivity (Wildman–Crippen MR) is 176 cm³/mol. The standard InChI is InChI=1S/C35H45N3O8/c1-5-38(28-10-12-43-13-11-28)32-20-27(26-6-8-29(9-7-26)46-17-16-44-14-15-45-22-33(39)40)19-30(25(32)4)34(41)36-21-31-23(2)18-24(3)37-35(31)42/h6-9,18-20,28H,5,10-17,21-22H2,1-4H3,(H,36,41)(H,37,42)(H,39,40). The van der Waals surface area contributed by atoms with Crippen LogP contribution in [0.4, 0.5) is 5.69 Å². The summed E-state index contributed by atoms with van der Waals surface area (Å²) in [6, 6.07) is 14.0. The number of aryl methyl sites for hydroxylation is 2. The molecule has 1 fully saturated rings. The summed E-state index contributed by atoms with van der Waals surface area (Å²) in [6.45, 7) is 11.0. The molecule has 1 aliphatic rings. The van der Waals surface area contributed by atoms with Crippen molar-refractivity contribution in [2.75, 3.05) is 57.7 Å². The van der Waals surface area contributed by atoms with Crippen LogP contribution in [0.2, 0.25) is 0 Å². The van der Waals surface area contributed by atoms with Crippen molar-refractivity contribution in [2.24, 2.45) is 0 Å². The van der Waals surface area contributed by atoms with Gasteiger partial charge in [-0.1, -0.05) is 12.1 Å². The topological polar surface area (TPSA) is 139 Å². The third-order valence-corrected chi connectivity index (χ3v) is 8.11. The van der Waals surface area contributed by atoms with E-state index in [0.717, 1.165) is 53.0 Å². The van der Waals surface area contributed by atoms with Gasteiger partial charge >= 0.3 is 5.97 Å². The van der Waals surface area contributed by atoms with E-state index < -0.39 is 5.97 Å². The lowest BCUT2D eigenvalue weighted by Crippen LogP contribution is -2.40. The fraction of sp³-hybridized carbons (Fsp3) is 0.457. The first-order valence-electron chi connectivity index (χ1n) is 15.7. The lowest BCUT2D eigenvalue weighted by molar-refractivity contribution is -0.142. The summed E-state index contributed by atoms with van der Waals surface area (Å²) in [5.74, 6) is -0.576. The van der Waals surface area contributed by atoms with E-state index in [9.17, 15) is 14.4 Å². The number of aromatic amines is 1. The molecule has 1 aromatic heterocycles. The van der Waals surface area contributed by atoms with Crippen molar-refractivity contribution in [3.63, 3.8) is 0 Å². The van der Waals surface area contributed by atoms with Crippen LogP contribution in [0.5, 0.6) is 5.75 Å². The Morgan fingerprint density at radius 3 is 2.35 bits per heavy atom. The molecule has 46 heavy (non-hydrogen) atoms. The van der Waals surface area contributed by atoms with E-state index in [4.69, 9.17) is 24.1 Å². The van der Waals surface area contributed by atoms with Gasteiger partial charge in [-0.15, -0.1) is 0 Å². The first-order chi connectivity index (χ1) is 22.2. The van der Waals surface area contributed by atoms with Crippen LogP contribution >= 0.6 is 0 Å². The Morgan fingerprint density at radius 2 is 1.67 bits per heavy atom. The second kappa shape index (κ2) is 16.9. The number of anilines is 1. The minimum Gasteiger partial charge on any atom is -0.491 e. The molecule has 0 unspecified atom stereocenters. The van der Waals surface area contributed by atoms with E-state index in [-0.39, 0.29) is 37.8 Å². The van der Waals surface area contributed by atoms with E-state index in [2.05, 4.69) is 28.2 Å². The molecule has 3 N–H and O–H groups in total. The highest BCUT2D eigenvalue weighted by atomic mass is 16.5. The van der Waals surface area contributed by atoms with E-state index in [1.165, 1.54) is 0 Å². The number of nitrogens with zero attached hydrogens (tertiary/aromatic N) is 1. The van der Waals surface area contributed by atoms with Crippen molar-refractivity contribution in [1.29, 1.82) is 0 Å². The Bertz CT molecular complexity index is 1530. The molecule has 1 amide bonds. The van der Waals surface area contributed by atoms with Gasteiger partial charge in [-0.05, 0) is 93.1 Å². The van der Waals surface area contributed by atoms with Crippen molar-refractivity contribution in [3.05, 3.63) is 80.8 Å². The molecule has 1 saturated heterocycles. The lowest BCUT2D eigenvalue weighted by Gasteiger charge is -2.37. The fourth-order valence-corrected chi connectivity index (χ4v) is 5.73. The number of carboxylic acid groups (broad SMARTS) is 1. The zero-order valence-electron chi connectivity index (χ0n) is 27.1. The first-order valence-corrected chi connectivity index (χ1v) is 15.7. The van der Waals surface area contributed by atoms with Crippen LogP contribution in [-0.2, 0) is 25.5 Å². The van der Waals surface area contributed by atoms with E-state index in [1.54, 1.807) is 0 Å². The lowest BCUT2D eigenvalue weighted by atomic mass is 9.95. The molecule has 3 aromatic rings. The number of carboxylic acids is 1. The number of amides is 1. The number of H-pyrrole nitrogens is 1. The van der Waals surface area contributed by atoms with Crippen LogP contribution in [0, 0.1) is 20.8 Å². The van der Waals surface area contributed by atoms with Crippen molar-refractivity contribution in [1.82, 2.24) is 10.3 Å². The van der Waals surface area contributed by atoms with Crippen molar-refractivity contribution in [2.45, 2.75) is 53.1 Å². The highest BCUT2D eigenvalue weighted by Gasteiger charge is 2.25. The van der Waals surface area contributed by atoms with Crippen LogP contribution in [0.25, 0.3) is 11.1 Å². The van der Waals surface area contributed by atoms with E-state index >= 15 is 0 Å². The number of nitrogens with one attached hydrogen (secondary N) is 2. The Morgan fingerprint density at radius 1 is 0.978 bits per heavy atom. The monoisotopic (exact) mass is 635 g/mol. The Labute approximate surface area is 269 Å². The smallest absolute Gasteiger partial charge is 0.329 e. The van der Waals surface area contributed by atoms with Crippen LogP contribution in [-0.4, -0.2) is 80.8 Å². The molecule has 0 saturated carbocycles. The molecule has 1 aliphatic heterocycles. The summed E-state index contributed by atoms with van der Waals surface area (Å²) in [4.78, 5) is 42.0. The maximum absolute atomic E-state index is 13.7. The zero-order chi connectivity index (χ0) is 33.1. The highest BCUT2D eigenvalue weighted by Crippen LogP contribution is 2.34. The Hall–Kier alpha value is -4.19. The number of hydrogen-bond acceptors (Lipinski definition) is 8. The molecule has 11 nitrogen and oxygen atoms in total. The SMILES string of the molecule is CCN(c1cc(-c2ccc(OCCOCCOCC(=O)O)cc2)cc(C(=O)NCc2c(C)cc(C)[nH]c2=O)c1C)C1CCOCC1. The summed E-state index contributed by atoms with van der Waals surface area (Å²) in [5, 5.41) is 11.6. The summed E-state index contributed by atoms with van der Waals surface area (Å²) < 4.78 is 21.8. The van der Waals surface area contributed by atoms with Crippen molar-refractivity contribution < 1.29 is 33.6 Å². The first kappa shape index (κ1) is 34.7. The summed E-state index contributed by atoms with van der Waals surface area (Å²) in [5.41, 5.74) is 6.25. The van der Waals surface area contributed by atoms with Gasteiger partial charge in [0.05, 0.1) is 19.8 Å². The van der Waals surface area contributed by atoms with Gasteiger partial charge in [0.1, 0.15) is 19.0 Å². The minimum absolute atomic E-state index is 0.127. The van der Waals surface area contributed by atoms with Crippen LogP contribution in [0.1, 0.15) is 52.5 Å². The van der Waals surface area contributed by atoms with Gasteiger partial charge in [0, 0.05) is 54.9 Å². The average Bonchev–Trinajstić information content (AvgIpc) is 3.03. The number of rotatable bonds is 16. The molecule has 2 aromatic carbocycles. The molecule has 2 heterocycles. The largest absolute Gasteiger partial charge is 0.491 e. The van der Waals surface area contributed by atoms with E-state index in [0.29, 0.717) is 49.3 Å². The van der Waals surface area contributed by atoms with Crippen molar-refractivity contribution >= 4 is 17.6 Å². The van der Waals surface area contributed by atoms with Gasteiger partial charge in [0.2, 0.25) is 0 Å². The van der Waals surface area contributed by atoms with Crippen LogP contribution < -0.4 is 20.5 Å². The number of hydrogen-bond donors (Lipinski definition) is 3. The number of aromatic nitrogens is 1. The quantitative estimate of drug-likeness (QED) is 0.196. The minimum atomic E-state index is -1.01. The molecule has 0 spiro atoms. The average molecular weight is 636 g/mol. The van der Waals surface area contributed by atoms with Gasteiger partial charge in [-0.3, -0.25) is 9.59 Å². The molecule has 0 atom stereocenters. The Kier molecular flexibility index (Phi) is 12.8. The maximum atomic E-state index is 13.7. The second-order valence-corrected chi connectivity index (χ2v) is 11.4. The van der Waals surface area contributed by atoms with Gasteiger partial charge in [0.15, 0.2) is 0 Å². The molecule has 0 radical (unpaired) electrons. The molecule has 11 heteroatoms. The van der Waals surface area contributed by atoms with Crippen molar-refractivity contribution in [3.8, 4) is 16.9 Å². The molecule has 4 rings (SSSR count). The third-order valence-electron chi connectivity index (χ3n) is 8.11. The summed E-state index contributed by atoms with van der Waals surface area (Å²) in [7, 11) is 0. The number of benzene rings is 2. The zero-order valence-corrected chi connectivity index (χ0v) is 27.1. The summed E-state index contributed by atoms with van der Waals surface area (Å²) >= 11 is 0. The van der Waals surface area contributed by atoms with Gasteiger partial charge < -0.3 is 39.3 Å². The number of ether oxygens (including phenoxy) is 4. The fourth-order valence-electron chi connectivity index (χ4n) is 5.73. The maximum Gasteiger partial charge on any atom is 0.329 e. The molecular weight excluding hydrogens is 590 g/mol. The molecule has 0 aliphatic carbocycles. The molecule has 248 valence electrons. The number of carbonyl (C=O) groups excluding carboxylic acids is 1. The Balaban J connectivity index is 1.52. The number of aliphatic carboxylic acids is 1. The molecular formula is C35H45N3O8. The highest BCUT2D eigenvalue weighted by molar-refractivity contribution is 5.99. The molecule has 0 bridgehead atoms. The van der Waals surface area contributed by atoms with Gasteiger partial charge in [-0.25, -0.2) is 4.79 Å². The van der Waals surface area contributed by atoms with Gasteiger partial charge in [0.25, 0.3) is 11.5 Å². The number of carbonyl (C=O) groups is 2. The normalized spacial score (nSPS) is 13.4. The van der Waals surface area contributed by atoms with Crippen LogP contribution in [0.3, 0.4) is 0 Å². The predicted octanol–water partition coefficient (Wildman–Crippen LogP) is 4.40. The summed E-state index contributed by atoms with van der Waals surface area (Å²) in [6.07, 6.45) is 1.83. The van der Waals surface area contributed by atoms with Crippen LogP contribution in [0.15, 0.2) is 47.3 Å². The third kappa shape index (κ3) is 9.41.